The Morgan fingerprint density at radius 1 is 1.56 bits per heavy atom. The molecule has 0 aliphatic rings. The molecule has 0 atom stereocenters. The standard InChI is InChI=1S/C6H4N2O/c1-2-9-6-3-7-4-8-5(1)6/h1-4H/p+1. The summed E-state index contributed by atoms with van der Waals surface area (Å²) in [7, 11) is 0. The van der Waals surface area contributed by atoms with Crippen LogP contribution in [0, 0.1) is 0 Å². The Morgan fingerprint density at radius 2 is 2.56 bits per heavy atom. The zero-order chi connectivity index (χ0) is 6.10. The number of nitrogens with zero attached hydrogens (tertiary/aromatic N) is 1. The molecular weight excluding hydrogens is 116 g/mol. The fourth-order valence-corrected chi connectivity index (χ4v) is 0.749. The van der Waals surface area contributed by atoms with Gasteiger partial charge in [0.15, 0.2) is 0 Å². The molecule has 0 bridgehead atoms. The molecule has 0 radical (unpaired) electrons. The van der Waals surface area contributed by atoms with Crippen LogP contribution in [-0.2, 0) is 0 Å². The highest BCUT2D eigenvalue weighted by atomic mass is 16.3. The number of aromatic amines is 1. The molecule has 2 aromatic rings. The van der Waals surface area contributed by atoms with Crippen molar-refractivity contribution < 1.29 is 9.40 Å². The molecule has 3 heteroatoms. The molecule has 0 saturated heterocycles. The van der Waals surface area contributed by atoms with Crippen LogP contribution in [0.25, 0.3) is 11.1 Å². The van der Waals surface area contributed by atoms with E-state index in [-0.39, 0.29) is 0 Å². The average molecular weight is 121 g/mol. The highest BCUT2D eigenvalue weighted by Crippen LogP contribution is 2.06. The summed E-state index contributed by atoms with van der Waals surface area (Å²) in [6, 6.07) is 1.82. The van der Waals surface area contributed by atoms with Crippen molar-refractivity contribution in [2.45, 2.75) is 0 Å². The molecule has 2 aromatic heterocycles. The number of furan rings is 1. The monoisotopic (exact) mass is 121 g/mol. The van der Waals surface area contributed by atoms with Gasteiger partial charge in [-0.05, 0) is 4.98 Å². The van der Waals surface area contributed by atoms with E-state index in [2.05, 4.69) is 9.97 Å². The van der Waals surface area contributed by atoms with Crippen molar-refractivity contribution in [1.82, 2.24) is 4.98 Å². The van der Waals surface area contributed by atoms with Gasteiger partial charge in [-0.25, -0.2) is 4.98 Å². The number of hydrogen-bond acceptors (Lipinski definition) is 2. The van der Waals surface area contributed by atoms with Crippen LogP contribution in [0.15, 0.2) is 29.3 Å². The van der Waals surface area contributed by atoms with Crippen LogP contribution < -0.4 is 4.98 Å². The van der Waals surface area contributed by atoms with Gasteiger partial charge in [0.1, 0.15) is 6.20 Å². The normalized spacial score (nSPS) is 10.2. The molecule has 0 aliphatic heterocycles. The lowest BCUT2D eigenvalue weighted by atomic mass is 10.5. The zero-order valence-electron chi connectivity index (χ0n) is 4.66. The Kier molecular flexibility index (Phi) is 0.773. The number of H-pyrrole nitrogens is 1. The van der Waals surface area contributed by atoms with Gasteiger partial charge in [-0.2, -0.15) is 0 Å². The number of fused-ring (bicyclic) bond motifs is 1. The van der Waals surface area contributed by atoms with E-state index in [1.807, 2.05) is 6.07 Å². The lowest BCUT2D eigenvalue weighted by Gasteiger charge is -1.72. The largest absolute Gasteiger partial charge is 0.456 e. The SMILES string of the molecule is c1nc2ccoc2c[nH+]1. The molecule has 1 N–H and O–H groups in total. The zero-order valence-corrected chi connectivity index (χ0v) is 4.66. The molecule has 2 heterocycles. The quantitative estimate of drug-likeness (QED) is 0.513. The molecule has 44 valence electrons. The molecule has 0 saturated carbocycles. The first kappa shape index (κ1) is 4.49. The van der Waals surface area contributed by atoms with Gasteiger partial charge in [-0.1, -0.05) is 0 Å². The highest BCUT2D eigenvalue weighted by Gasteiger charge is 1.99. The summed E-state index contributed by atoms with van der Waals surface area (Å²) >= 11 is 0. The van der Waals surface area contributed by atoms with Gasteiger partial charge in [-0.3, -0.25) is 0 Å². The second-order valence-corrected chi connectivity index (χ2v) is 1.74. The van der Waals surface area contributed by atoms with Crippen molar-refractivity contribution in [3.8, 4) is 0 Å². The summed E-state index contributed by atoms with van der Waals surface area (Å²) in [6.45, 7) is 0. The molecule has 9 heavy (non-hydrogen) atoms. The van der Waals surface area contributed by atoms with Crippen molar-refractivity contribution in [3.63, 3.8) is 0 Å². The smallest absolute Gasteiger partial charge is 0.284 e. The maximum absolute atomic E-state index is 5.02. The minimum atomic E-state index is 0.789. The van der Waals surface area contributed by atoms with Crippen LogP contribution in [0.4, 0.5) is 0 Å². The second kappa shape index (κ2) is 1.55. The van der Waals surface area contributed by atoms with Crippen LogP contribution in [0.5, 0.6) is 0 Å². The molecular formula is C6H5N2O+. The van der Waals surface area contributed by atoms with Gasteiger partial charge in [0.25, 0.3) is 6.33 Å². The first-order valence-electron chi connectivity index (χ1n) is 2.66. The summed E-state index contributed by atoms with van der Waals surface area (Å²) < 4.78 is 5.02. The summed E-state index contributed by atoms with van der Waals surface area (Å²) in [4.78, 5) is 6.81. The first-order chi connectivity index (χ1) is 4.47. The third-order valence-corrected chi connectivity index (χ3v) is 1.17. The van der Waals surface area contributed by atoms with Crippen LogP contribution in [-0.4, -0.2) is 4.98 Å². The lowest BCUT2D eigenvalue weighted by molar-refractivity contribution is -0.381. The molecule has 3 nitrogen and oxygen atoms in total. The molecule has 0 amide bonds. The third-order valence-electron chi connectivity index (χ3n) is 1.17. The molecule has 0 aromatic carbocycles. The van der Waals surface area contributed by atoms with E-state index in [1.165, 1.54) is 0 Å². The Bertz CT molecular complexity index is 285. The predicted octanol–water partition coefficient (Wildman–Crippen LogP) is 0.642. The second-order valence-electron chi connectivity index (χ2n) is 1.74. The van der Waals surface area contributed by atoms with Gasteiger partial charge in [0, 0.05) is 6.07 Å². The fourth-order valence-electron chi connectivity index (χ4n) is 0.749. The fraction of sp³-hybridized carbons (Fsp3) is 0. The number of aromatic nitrogens is 2. The van der Waals surface area contributed by atoms with Crippen LogP contribution in [0.3, 0.4) is 0 Å². The summed E-state index contributed by atoms with van der Waals surface area (Å²) in [5.74, 6) is 0. The van der Waals surface area contributed by atoms with Crippen molar-refractivity contribution in [3.05, 3.63) is 24.9 Å². The Morgan fingerprint density at radius 3 is 3.44 bits per heavy atom. The summed E-state index contributed by atoms with van der Waals surface area (Å²) in [5.41, 5.74) is 1.67. The highest BCUT2D eigenvalue weighted by molar-refractivity contribution is 5.69. The van der Waals surface area contributed by atoms with Gasteiger partial charge >= 0.3 is 0 Å². The van der Waals surface area contributed by atoms with E-state index in [0.717, 1.165) is 11.1 Å². The predicted molar refractivity (Wildman–Crippen MR) is 30.6 cm³/mol. The van der Waals surface area contributed by atoms with Gasteiger partial charge in [0.05, 0.1) is 6.26 Å². The van der Waals surface area contributed by atoms with E-state index >= 15 is 0 Å². The summed E-state index contributed by atoms with van der Waals surface area (Å²) in [5, 5.41) is 0. The minimum absolute atomic E-state index is 0.789. The van der Waals surface area contributed by atoms with Crippen LogP contribution >= 0.6 is 0 Å². The Hall–Kier alpha value is -1.38. The molecule has 0 aliphatic carbocycles. The number of rotatable bonds is 0. The Balaban J connectivity index is 2.95. The first-order valence-corrected chi connectivity index (χ1v) is 2.66. The van der Waals surface area contributed by atoms with Crippen LogP contribution in [0.1, 0.15) is 0 Å². The molecule has 0 unspecified atom stereocenters. The summed E-state index contributed by atoms with van der Waals surface area (Å²) in [6.07, 6.45) is 5.01. The van der Waals surface area contributed by atoms with Crippen molar-refractivity contribution in [2.75, 3.05) is 0 Å². The maximum Gasteiger partial charge on any atom is 0.284 e. The van der Waals surface area contributed by atoms with E-state index in [0.29, 0.717) is 0 Å². The van der Waals surface area contributed by atoms with Crippen molar-refractivity contribution in [2.24, 2.45) is 0 Å². The molecule has 2 rings (SSSR count). The van der Waals surface area contributed by atoms with E-state index < -0.39 is 0 Å². The van der Waals surface area contributed by atoms with E-state index in [9.17, 15) is 0 Å². The van der Waals surface area contributed by atoms with Gasteiger partial charge in [-0.15, -0.1) is 0 Å². The Labute approximate surface area is 51.3 Å². The molecule has 0 fully saturated rings. The third kappa shape index (κ3) is 0.579. The molecule has 0 spiro atoms. The van der Waals surface area contributed by atoms with Crippen LogP contribution in [0.2, 0.25) is 0 Å². The number of nitrogens with one attached hydrogen (secondary N) is 1. The average Bonchev–Trinajstić information content (AvgIpc) is 2.33. The van der Waals surface area contributed by atoms with Gasteiger partial charge < -0.3 is 4.42 Å². The van der Waals surface area contributed by atoms with E-state index in [1.54, 1.807) is 18.8 Å². The van der Waals surface area contributed by atoms with Crippen molar-refractivity contribution in [1.29, 1.82) is 0 Å². The topological polar surface area (TPSA) is 40.2 Å². The van der Waals surface area contributed by atoms with Gasteiger partial charge in [0.2, 0.25) is 11.1 Å². The number of hydrogen-bond donors (Lipinski definition) is 0. The van der Waals surface area contributed by atoms with E-state index in [4.69, 9.17) is 4.42 Å². The lowest BCUT2D eigenvalue weighted by Crippen LogP contribution is -1.98. The minimum Gasteiger partial charge on any atom is -0.456 e. The van der Waals surface area contributed by atoms with Crippen molar-refractivity contribution >= 4 is 11.1 Å². The maximum atomic E-state index is 5.02.